The van der Waals surface area contributed by atoms with E-state index in [9.17, 15) is 4.79 Å². The average Bonchev–Trinajstić information content (AvgIpc) is 3.38. The fourth-order valence-corrected chi connectivity index (χ4v) is 5.24. The molecular weight excluding hydrogens is 324 g/mol. The predicted octanol–water partition coefficient (Wildman–Crippen LogP) is 2.99. The SMILES string of the molecule is CC(C)=CC[C@@]1(C(=O)N2CCC(Cn3cccn3)CC2)C[C@@H]2CC[C@H]1N2. The highest BCUT2D eigenvalue weighted by atomic mass is 16.2. The number of allylic oxidation sites excluding steroid dienone is 2. The Hall–Kier alpha value is -1.62. The van der Waals surface area contributed by atoms with Crippen LogP contribution in [0.5, 0.6) is 0 Å². The molecule has 0 saturated carbocycles. The molecule has 5 nitrogen and oxygen atoms in total. The van der Waals surface area contributed by atoms with Crippen molar-refractivity contribution in [3.63, 3.8) is 0 Å². The van der Waals surface area contributed by atoms with Crippen molar-refractivity contribution in [1.82, 2.24) is 20.0 Å². The molecule has 3 fully saturated rings. The van der Waals surface area contributed by atoms with Crippen molar-refractivity contribution in [3.8, 4) is 0 Å². The van der Waals surface area contributed by atoms with Crippen LogP contribution in [0.25, 0.3) is 0 Å². The largest absolute Gasteiger partial charge is 0.342 e. The Morgan fingerprint density at radius 3 is 2.65 bits per heavy atom. The molecule has 2 bridgehead atoms. The van der Waals surface area contributed by atoms with Gasteiger partial charge in [-0.25, -0.2) is 0 Å². The molecule has 0 unspecified atom stereocenters. The molecule has 0 aromatic carbocycles. The van der Waals surface area contributed by atoms with E-state index in [4.69, 9.17) is 0 Å². The molecule has 0 radical (unpaired) electrons. The van der Waals surface area contributed by atoms with Crippen LogP contribution in [0.2, 0.25) is 0 Å². The summed E-state index contributed by atoms with van der Waals surface area (Å²) in [6.07, 6.45) is 12.6. The maximum Gasteiger partial charge on any atom is 0.230 e. The Balaban J connectivity index is 1.41. The number of piperidine rings is 1. The molecule has 26 heavy (non-hydrogen) atoms. The number of carbonyl (C=O) groups excluding carboxylic acids is 1. The lowest BCUT2D eigenvalue weighted by molar-refractivity contribution is -0.145. The number of nitrogens with one attached hydrogen (secondary N) is 1. The number of hydrogen-bond donors (Lipinski definition) is 1. The van der Waals surface area contributed by atoms with Crippen LogP contribution in [0, 0.1) is 11.3 Å². The van der Waals surface area contributed by atoms with Gasteiger partial charge in [0.25, 0.3) is 0 Å². The topological polar surface area (TPSA) is 50.2 Å². The Morgan fingerprint density at radius 1 is 1.27 bits per heavy atom. The second-order valence-corrected chi connectivity index (χ2v) is 8.80. The molecule has 3 aliphatic heterocycles. The molecular formula is C21H32N4O. The molecule has 4 heterocycles. The average molecular weight is 357 g/mol. The minimum Gasteiger partial charge on any atom is -0.342 e. The van der Waals surface area contributed by atoms with Crippen LogP contribution in [0.15, 0.2) is 30.1 Å². The zero-order chi connectivity index (χ0) is 18.1. The Bertz CT molecular complexity index is 656. The fourth-order valence-electron chi connectivity index (χ4n) is 5.24. The van der Waals surface area contributed by atoms with Crippen molar-refractivity contribution in [2.24, 2.45) is 11.3 Å². The van der Waals surface area contributed by atoms with E-state index < -0.39 is 0 Å². The van der Waals surface area contributed by atoms with Crippen molar-refractivity contribution < 1.29 is 4.79 Å². The van der Waals surface area contributed by atoms with Gasteiger partial charge in [0, 0.05) is 44.1 Å². The first-order valence-electron chi connectivity index (χ1n) is 10.2. The summed E-state index contributed by atoms with van der Waals surface area (Å²) < 4.78 is 2.03. The molecule has 1 aromatic rings. The monoisotopic (exact) mass is 356 g/mol. The molecule has 142 valence electrons. The molecule has 0 aliphatic carbocycles. The molecule has 3 saturated heterocycles. The van der Waals surface area contributed by atoms with E-state index in [1.54, 1.807) is 0 Å². The van der Waals surface area contributed by atoms with E-state index in [1.807, 2.05) is 23.1 Å². The Kier molecular flexibility index (Phi) is 4.91. The molecule has 0 spiro atoms. The zero-order valence-corrected chi connectivity index (χ0v) is 16.2. The number of nitrogens with zero attached hydrogens (tertiary/aromatic N) is 3. The lowest BCUT2D eigenvalue weighted by Crippen LogP contribution is -2.52. The lowest BCUT2D eigenvalue weighted by Gasteiger charge is -2.41. The first-order valence-corrected chi connectivity index (χ1v) is 10.2. The summed E-state index contributed by atoms with van der Waals surface area (Å²) in [4.78, 5) is 15.8. The number of fused-ring (bicyclic) bond motifs is 2. The summed E-state index contributed by atoms with van der Waals surface area (Å²) in [7, 11) is 0. The highest BCUT2D eigenvalue weighted by Gasteiger charge is 2.56. The van der Waals surface area contributed by atoms with Gasteiger partial charge in [-0.05, 0) is 64.4 Å². The molecule has 1 aromatic heterocycles. The first-order chi connectivity index (χ1) is 12.6. The number of likely N-dealkylation sites (tertiary alicyclic amines) is 1. The minimum atomic E-state index is -0.199. The van der Waals surface area contributed by atoms with Gasteiger partial charge in [0.2, 0.25) is 5.91 Å². The van der Waals surface area contributed by atoms with Crippen LogP contribution in [-0.4, -0.2) is 45.8 Å². The third kappa shape index (κ3) is 3.34. The van der Waals surface area contributed by atoms with Crippen molar-refractivity contribution in [3.05, 3.63) is 30.1 Å². The number of amides is 1. The van der Waals surface area contributed by atoms with Gasteiger partial charge in [-0.2, -0.15) is 5.10 Å². The number of carbonyl (C=O) groups is 1. The first kappa shape index (κ1) is 17.8. The van der Waals surface area contributed by atoms with Crippen LogP contribution < -0.4 is 5.32 Å². The van der Waals surface area contributed by atoms with Gasteiger partial charge in [-0.1, -0.05) is 11.6 Å². The maximum absolute atomic E-state index is 13.6. The van der Waals surface area contributed by atoms with Crippen LogP contribution >= 0.6 is 0 Å². The van der Waals surface area contributed by atoms with Gasteiger partial charge in [-0.15, -0.1) is 0 Å². The van der Waals surface area contributed by atoms with Crippen molar-refractivity contribution >= 4 is 5.91 Å². The molecule has 3 aliphatic rings. The van der Waals surface area contributed by atoms with Gasteiger partial charge in [0.05, 0.1) is 5.41 Å². The fraction of sp³-hybridized carbons (Fsp3) is 0.714. The number of hydrogen-bond acceptors (Lipinski definition) is 3. The third-order valence-corrected chi connectivity index (χ3v) is 6.73. The number of rotatable bonds is 5. The molecule has 5 heteroatoms. The maximum atomic E-state index is 13.6. The van der Waals surface area contributed by atoms with Crippen molar-refractivity contribution in [1.29, 1.82) is 0 Å². The zero-order valence-electron chi connectivity index (χ0n) is 16.2. The summed E-state index contributed by atoms with van der Waals surface area (Å²) in [5, 5.41) is 8.04. The van der Waals surface area contributed by atoms with Gasteiger partial charge in [0.15, 0.2) is 0 Å². The molecule has 3 atom stereocenters. The van der Waals surface area contributed by atoms with E-state index in [0.29, 0.717) is 23.9 Å². The quantitative estimate of drug-likeness (QED) is 0.825. The second kappa shape index (κ2) is 7.18. The molecule has 1 amide bonds. The Morgan fingerprint density at radius 2 is 2.08 bits per heavy atom. The number of aromatic nitrogens is 2. The summed E-state index contributed by atoms with van der Waals surface area (Å²) in [6, 6.07) is 2.90. The van der Waals surface area contributed by atoms with Crippen LogP contribution in [0.1, 0.15) is 52.4 Å². The Labute approximate surface area is 156 Å². The highest BCUT2D eigenvalue weighted by molar-refractivity contribution is 5.84. The third-order valence-electron chi connectivity index (χ3n) is 6.73. The molecule has 1 N–H and O–H groups in total. The second-order valence-electron chi connectivity index (χ2n) is 8.80. The van der Waals surface area contributed by atoms with Crippen LogP contribution in [-0.2, 0) is 11.3 Å². The van der Waals surface area contributed by atoms with Gasteiger partial charge < -0.3 is 10.2 Å². The van der Waals surface area contributed by atoms with Crippen molar-refractivity contribution in [2.75, 3.05) is 13.1 Å². The van der Waals surface area contributed by atoms with E-state index in [-0.39, 0.29) is 5.41 Å². The normalized spacial score (nSPS) is 31.4. The van der Waals surface area contributed by atoms with Crippen LogP contribution in [0.4, 0.5) is 0 Å². The summed E-state index contributed by atoms with van der Waals surface area (Å²) in [5.74, 6) is 1.04. The minimum absolute atomic E-state index is 0.199. The van der Waals surface area contributed by atoms with Crippen molar-refractivity contribution in [2.45, 2.75) is 71.0 Å². The van der Waals surface area contributed by atoms with Crippen LogP contribution in [0.3, 0.4) is 0 Å². The summed E-state index contributed by atoms with van der Waals surface area (Å²) >= 11 is 0. The van der Waals surface area contributed by atoms with Gasteiger partial charge in [-0.3, -0.25) is 9.48 Å². The smallest absolute Gasteiger partial charge is 0.230 e. The molecule has 4 rings (SSSR count). The predicted molar refractivity (Wildman–Crippen MR) is 103 cm³/mol. The summed E-state index contributed by atoms with van der Waals surface area (Å²) in [5.41, 5.74) is 1.12. The highest BCUT2D eigenvalue weighted by Crippen LogP contribution is 2.48. The van der Waals surface area contributed by atoms with E-state index in [2.05, 4.69) is 35.2 Å². The van der Waals surface area contributed by atoms with E-state index >= 15 is 0 Å². The standard InChI is InChI=1S/C21H32N4O/c1-16(2)6-9-21(14-18-4-5-19(21)23-18)20(26)24-12-7-17(8-13-24)15-25-11-3-10-22-25/h3,6,10-11,17-19,23H,4-5,7-9,12-15H2,1-2H3/t18-,19+,21+/m0/s1. The van der Waals surface area contributed by atoms with E-state index in [1.165, 1.54) is 12.0 Å². The van der Waals surface area contributed by atoms with E-state index in [0.717, 1.165) is 51.7 Å². The lowest BCUT2D eigenvalue weighted by atomic mass is 9.70. The van der Waals surface area contributed by atoms with Gasteiger partial charge in [0.1, 0.15) is 0 Å². The van der Waals surface area contributed by atoms with Gasteiger partial charge >= 0.3 is 0 Å². The summed E-state index contributed by atoms with van der Waals surface area (Å²) in [6.45, 7) is 7.06.